The Morgan fingerprint density at radius 3 is 2.64 bits per heavy atom. The van der Waals surface area contributed by atoms with E-state index in [4.69, 9.17) is 5.11 Å². The van der Waals surface area contributed by atoms with Crippen molar-refractivity contribution in [1.29, 1.82) is 0 Å². The van der Waals surface area contributed by atoms with Crippen molar-refractivity contribution in [1.82, 2.24) is 24.4 Å². The van der Waals surface area contributed by atoms with Crippen molar-refractivity contribution in [3.05, 3.63) is 46.2 Å². The SMILES string of the molecule is CC#CCn1c(N2CCNCC2)nc2nc(NCC(=O)O)n(CCc3ccccc3)c(=O)c21. The first-order valence-electron chi connectivity index (χ1n) is 10.9. The van der Waals surface area contributed by atoms with Crippen LogP contribution in [0, 0.1) is 11.8 Å². The maximum absolute atomic E-state index is 13.7. The van der Waals surface area contributed by atoms with Crippen LogP contribution in [0.15, 0.2) is 35.1 Å². The second-order valence-electron chi connectivity index (χ2n) is 7.71. The smallest absolute Gasteiger partial charge is 0.322 e. The summed E-state index contributed by atoms with van der Waals surface area (Å²) in [4.78, 5) is 36.2. The first kappa shape index (κ1) is 22.4. The number of carbonyl (C=O) groups is 1. The topological polar surface area (TPSA) is 117 Å². The van der Waals surface area contributed by atoms with Gasteiger partial charge >= 0.3 is 5.97 Å². The Morgan fingerprint density at radius 2 is 1.94 bits per heavy atom. The number of carboxylic acid groups (broad SMARTS) is 1. The number of nitrogens with one attached hydrogen (secondary N) is 2. The molecule has 1 aromatic carbocycles. The lowest BCUT2D eigenvalue weighted by atomic mass is 10.1. The van der Waals surface area contributed by atoms with Gasteiger partial charge in [0, 0.05) is 32.7 Å². The van der Waals surface area contributed by atoms with Gasteiger partial charge in [-0.15, -0.1) is 5.92 Å². The summed E-state index contributed by atoms with van der Waals surface area (Å²) in [5.74, 6) is 5.75. The number of carboxylic acids is 1. The Labute approximate surface area is 191 Å². The number of aromatic nitrogens is 4. The molecule has 3 heterocycles. The van der Waals surface area contributed by atoms with Gasteiger partial charge in [-0.2, -0.15) is 9.97 Å². The zero-order valence-corrected chi connectivity index (χ0v) is 18.5. The Kier molecular flexibility index (Phi) is 6.90. The Hall–Kier alpha value is -3.84. The standard InChI is InChI=1S/C23H27N7O3/c1-2-3-12-29-19-20(27-23(29)28-14-10-24-11-15-28)26-22(25-16-18(31)32)30(21(19)33)13-9-17-7-5-4-6-8-17/h4-8,24H,9-16H2,1H3,(H,25,26)(H,31,32). The molecule has 0 atom stereocenters. The molecule has 3 N–H and O–H groups in total. The van der Waals surface area contributed by atoms with Crippen LogP contribution in [0.5, 0.6) is 0 Å². The highest BCUT2D eigenvalue weighted by atomic mass is 16.4. The normalized spacial score (nSPS) is 13.5. The minimum absolute atomic E-state index is 0.198. The number of rotatable bonds is 8. The number of imidazole rings is 1. The van der Waals surface area contributed by atoms with Crippen molar-refractivity contribution in [2.24, 2.45) is 0 Å². The molecule has 0 spiro atoms. The van der Waals surface area contributed by atoms with Crippen LogP contribution in [0.1, 0.15) is 12.5 Å². The molecular formula is C23H27N7O3. The predicted octanol–water partition coefficient (Wildman–Crippen LogP) is 0.765. The molecule has 33 heavy (non-hydrogen) atoms. The van der Waals surface area contributed by atoms with Gasteiger partial charge in [-0.25, -0.2) is 0 Å². The first-order valence-corrected chi connectivity index (χ1v) is 10.9. The molecule has 2 aromatic heterocycles. The van der Waals surface area contributed by atoms with Gasteiger partial charge in [0.15, 0.2) is 11.2 Å². The number of anilines is 2. The van der Waals surface area contributed by atoms with E-state index in [1.54, 1.807) is 6.92 Å². The van der Waals surface area contributed by atoms with Crippen LogP contribution in [0.2, 0.25) is 0 Å². The molecule has 172 valence electrons. The predicted molar refractivity (Wildman–Crippen MR) is 127 cm³/mol. The van der Waals surface area contributed by atoms with Gasteiger partial charge in [0.25, 0.3) is 5.56 Å². The van der Waals surface area contributed by atoms with Crippen molar-refractivity contribution in [3.8, 4) is 11.8 Å². The molecule has 0 amide bonds. The van der Waals surface area contributed by atoms with Crippen LogP contribution in [-0.2, 0) is 24.3 Å². The number of hydrogen-bond donors (Lipinski definition) is 3. The molecule has 1 aliphatic heterocycles. The fourth-order valence-electron chi connectivity index (χ4n) is 3.90. The van der Waals surface area contributed by atoms with Crippen LogP contribution in [0.4, 0.5) is 11.9 Å². The maximum atomic E-state index is 13.7. The molecule has 0 unspecified atom stereocenters. The molecule has 10 nitrogen and oxygen atoms in total. The summed E-state index contributed by atoms with van der Waals surface area (Å²) < 4.78 is 3.32. The molecule has 0 saturated carbocycles. The van der Waals surface area contributed by atoms with Crippen molar-refractivity contribution in [3.63, 3.8) is 0 Å². The zero-order valence-electron chi connectivity index (χ0n) is 18.5. The molecular weight excluding hydrogens is 422 g/mol. The number of nitrogens with zero attached hydrogens (tertiary/aromatic N) is 5. The first-order chi connectivity index (χ1) is 16.1. The number of aliphatic carboxylic acids is 1. The molecule has 0 aliphatic carbocycles. The van der Waals surface area contributed by atoms with Crippen LogP contribution >= 0.6 is 0 Å². The van der Waals surface area contributed by atoms with Gasteiger partial charge in [0.1, 0.15) is 6.54 Å². The second-order valence-corrected chi connectivity index (χ2v) is 7.71. The van der Waals surface area contributed by atoms with Gasteiger partial charge in [-0.3, -0.25) is 18.7 Å². The Bertz CT molecular complexity index is 1250. The fourth-order valence-corrected chi connectivity index (χ4v) is 3.90. The number of aryl methyl sites for hydroxylation is 1. The number of hydrogen-bond acceptors (Lipinski definition) is 7. The summed E-state index contributed by atoms with van der Waals surface area (Å²) in [6.45, 7) is 5.24. The van der Waals surface area contributed by atoms with Crippen molar-refractivity contribution in [2.75, 3.05) is 42.9 Å². The summed E-state index contributed by atoms with van der Waals surface area (Å²) in [5, 5.41) is 15.2. The van der Waals surface area contributed by atoms with E-state index in [0.29, 0.717) is 31.0 Å². The van der Waals surface area contributed by atoms with Gasteiger partial charge in [0.05, 0.1) is 6.54 Å². The monoisotopic (exact) mass is 449 g/mol. The van der Waals surface area contributed by atoms with E-state index in [-0.39, 0.29) is 23.7 Å². The van der Waals surface area contributed by atoms with E-state index in [9.17, 15) is 9.59 Å². The van der Waals surface area contributed by atoms with E-state index in [1.807, 2.05) is 34.9 Å². The van der Waals surface area contributed by atoms with E-state index in [0.717, 1.165) is 31.7 Å². The highest BCUT2D eigenvalue weighted by Gasteiger charge is 2.23. The molecule has 0 radical (unpaired) electrons. The van der Waals surface area contributed by atoms with Crippen LogP contribution in [0.3, 0.4) is 0 Å². The zero-order chi connectivity index (χ0) is 23.2. The summed E-state index contributed by atoms with van der Waals surface area (Å²) in [6.07, 6.45) is 0.600. The average molecular weight is 450 g/mol. The average Bonchev–Trinajstić information content (AvgIpc) is 3.20. The molecule has 3 aromatic rings. The highest BCUT2D eigenvalue weighted by Crippen LogP contribution is 2.21. The summed E-state index contributed by atoms with van der Waals surface area (Å²) in [6, 6.07) is 9.81. The fraction of sp³-hybridized carbons (Fsp3) is 0.391. The third-order valence-corrected chi connectivity index (χ3v) is 5.52. The summed E-state index contributed by atoms with van der Waals surface area (Å²) in [5.41, 5.74) is 1.46. The third kappa shape index (κ3) is 4.99. The molecule has 1 saturated heterocycles. The van der Waals surface area contributed by atoms with E-state index >= 15 is 0 Å². The van der Waals surface area contributed by atoms with Gasteiger partial charge < -0.3 is 20.6 Å². The Morgan fingerprint density at radius 1 is 1.18 bits per heavy atom. The Balaban J connectivity index is 1.82. The van der Waals surface area contributed by atoms with Crippen molar-refractivity contribution >= 4 is 29.0 Å². The largest absolute Gasteiger partial charge is 0.480 e. The lowest BCUT2D eigenvalue weighted by Gasteiger charge is -2.28. The molecule has 10 heteroatoms. The lowest BCUT2D eigenvalue weighted by Crippen LogP contribution is -2.44. The van der Waals surface area contributed by atoms with E-state index in [1.165, 1.54) is 4.57 Å². The molecule has 0 bridgehead atoms. The van der Waals surface area contributed by atoms with Crippen molar-refractivity contribution in [2.45, 2.75) is 26.4 Å². The van der Waals surface area contributed by atoms with Gasteiger partial charge in [-0.05, 0) is 18.9 Å². The lowest BCUT2D eigenvalue weighted by molar-refractivity contribution is -0.134. The second kappa shape index (κ2) is 10.2. The van der Waals surface area contributed by atoms with Gasteiger partial charge in [0.2, 0.25) is 11.9 Å². The maximum Gasteiger partial charge on any atom is 0.322 e. The van der Waals surface area contributed by atoms with Crippen molar-refractivity contribution < 1.29 is 9.90 Å². The van der Waals surface area contributed by atoms with Crippen LogP contribution in [0.25, 0.3) is 11.2 Å². The number of piperazine rings is 1. The van der Waals surface area contributed by atoms with Crippen LogP contribution in [-0.4, -0.2) is 62.9 Å². The highest BCUT2D eigenvalue weighted by molar-refractivity contribution is 5.77. The minimum Gasteiger partial charge on any atom is -0.480 e. The molecule has 1 aliphatic rings. The number of fused-ring (bicyclic) bond motifs is 1. The van der Waals surface area contributed by atoms with Gasteiger partial charge in [-0.1, -0.05) is 36.3 Å². The number of benzene rings is 1. The minimum atomic E-state index is -1.04. The summed E-state index contributed by atoms with van der Waals surface area (Å²) >= 11 is 0. The molecule has 4 rings (SSSR count). The van der Waals surface area contributed by atoms with E-state index < -0.39 is 5.97 Å². The summed E-state index contributed by atoms with van der Waals surface area (Å²) in [7, 11) is 0. The quantitative estimate of drug-likeness (QED) is 0.432. The molecule has 1 fully saturated rings. The third-order valence-electron chi connectivity index (χ3n) is 5.52. The van der Waals surface area contributed by atoms with Crippen LogP contribution < -0.4 is 21.1 Å². The van der Waals surface area contributed by atoms with E-state index in [2.05, 4.69) is 37.3 Å².